The van der Waals surface area contributed by atoms with E-state index in [0.29, 0.717) is 23.5 Å². The summed E-state index contributed by atoms with van der Waals surface area (Å²) in [6.45, 7) is 2.69. The number of hydrogen-bond donors (Lipinski definition) is 0. The molecule has 2 aliphatic heterocycles. The summed E-state index contributed by atoms with van der Waals surface area (Å²) in [5, 5.41) is 0. The van der Waals surface area contributed by atoms with Crippen LogP contribution in [0.15, 0.2) is 78.5 Å². The molecule has 0 spiro atoms. The van der Waals surface area contributed by atoms with Crippen molar-refractivity contribution in [2.45, 2.75) is 13.3 Å². The van der Waals surface area contributed by atoms with Gasteiger partial charge in [0.05, 0.1) is 11.3 Å². The standard InChI is InChI=1S/C27H25N3O2/c1-18-8-10-20(11-9-18)24-25(29-17-16-19-6-4-5-7-23(19)29)27(32)30(26(24)31)22-14-12-21(13-15-22)28(2)3/h4-15H,16-17H2,1-3H3. The molecule has 2 amide bonds. The van der Waals surface area contributed by atoms with Gasteiger partial charge in [-0.05, 0) is 54.8 Å². The molecule has 3 aromatic carbocycles. The Labute approximate surface area is 188 Å². The van der Waals surface area contributed by atoms with Gasteiger partial charge in [0.15, 0.2) is 0 Å². The van der Waals surface area contributed by atoms with Gasteiger partial charge >= 0.3 is 0 Å². The maximum atomic E-state index is 13.8. The first-order valence-corrected chi connectivity index (χ1v) is 10.8. The molecule has 3 aromatic rings. The molecule has 32 heavy (non-hydrogen) atoms. The van der Waals surface area contributed by atoms with Gasteiger partial charge in [-0.1, -0.05) is 48.0 Å². The number of rotatable bonds is 4. The van der Waals surface area contributed by atoms with Crippen LogP contribution in [0.5, 0.6) is 0 Å². The molecule has 2 heterocycles. The fraction of sp³-hybridized carbons (Fsp3) is 0.185. The summed E-state index contributed by atoms with van der Waals surface area (Å²) in [5.74, 6) is -0.560. The lowest BCUT2D eigenvalue weighted by Crippen LogP contribution is -2.34. The number of benzene rings is 3. The van der Waals surface area contributed by atoms with E-state index in [0.717, 1.165) is 28.9 Å². The molecule has 0 N–H and O–H groups in total. The summed E-state index contributed by atoms with van der Waals surface area (Å²) < 4.78 is 0. The van der Waals surface area contributed by atoms with Crippen molar-refractivity contribution >= 4 is 34.4 Å². The normalized spacial score (nSPS) is 15.6. The van der Waals surface area contributed by atoms with Gasteiger partial charge in [-0.3, -0.25) is 9.59 Å². The second kappa shape index (κ2) is 7.68. The van der Waals surface area contributed by atoms with Gasteiger partial charge in [0, 0.05) is 32.0 Å². The number of nitrogens with zero attached hydrogens (tertiary/aromatic N) is 3. The Morgan fingerprint density at radius 2 is 1.50 bits per heavy atom. The Morgan fingerprint density at radius 1 is 0.812 bits per heavy atom. The number of aryl methyl sites for hydroxylation is 1. The van der Waals surface area contributed by atoms with Gasteiger partial charge in [0.2, 0.25) is 0 Å². The largest absolute Gasteiger partial charge is 0.378 e. The highest BCUT2D eigenvalue weighted by Crippen LogP contribution is 2.40. The quantitative estimate of drug-likeness (QED) is 0.583. The van der Waals surface area contributed by atoms with Crippen LogP contribution in [-0.4, -0.2) is 32.5 Å². The van der Waals surface area contributed by atoms with E-state index in [1.807, 2.05) is 97.5 Å². The number of para-hydroxylation sites is 1. The van der Waals surface area contributed by atoms with Gasteiger partial charge in [0.25, 0.3) is 11.8 Å². The van der Waals surface area contributed by atoms with Gasteiger partial charge in [-0.2, -0.15) is 0 Å². The summed E-state index contributed by atoms with van der Waals surface area (Å²) in [7, 11) is 3.92. The van der Waals surface area contributed by atoms with Crippen molar-refractivity contribution in [3.8, 4) is 0 Å². The molecule has 5 rings (SSSR count). The number of fused-ring (bicyclic) bond motifs is 1. The molecule has 0 atom stereocenters. The lowest BCUT2D eigenvalue weighted by molar-refractivity contribution is -0.120. The van der Waals surface area contributed by atoms with Crippen LogP contribution in [-0.2, 0) is 16.0 Å². The molecule has 0 bridgehead atoms. The maximum Gasteiger partial charge on any atom is 0.282 e. The smallest absolute Gasteiger partial charge is 0.282 e. The number of amides is 2. The van der Waals surface area contributed by atoms with E-state index in [1.165, 1.54) is 10.5 Å². The van der Waals surface area contributed by atoms with Crippen LogP contribution in [0.2, 0.25) is 0 Å². The van der Waals surface area contributed by atoms with E-state index in [9.17, 15) is 9.59 Å². The van der Waals surface area contributed by atoms with Gasteiger partial charge in [-0.15, -0.1) is 0 Å². The van der Waals surface area contributed by atoms with Crippen LogP contribution < -0.4 is 14.7 Å². The van der Waals surface area contributed by atoms with Gasteiger partial charge in [0.1, 0.15) is 5.70 Å². The van der Waals surface area contributed by atoms with Crippen molar-refractivity contribution < 1.29 is 9.59 Å². The van der Waals surface area contributed by atoms with Crippen molar-refractivity contribution in [1.82, 2.24) is 0 Å². The summed E-state index contributed by atoms with van der Waals surface area (Å²) in [6.07, 6.45) is 0.847. The van der Waals surface area contributed by atoms with Crippen molar-refractivity contribution in [3.05, 3.63) is 95.2 Å². The molecule has 160 valence electrons. The molecule has 5 heteroatoms. The molecule has 0 radical (unpaired) electrons. The zero-order chi connectivity index (χ0) is 22.4. The van der Waals surface area contributed by atoms with Crippen LogP contribution in [0.1, 0.15) is 16.7 Å². The Kier molecular flexibility index (Phi) is 4.82. The van der Waals surface area contributed by atoms with E-state index in [2.05, 4.69) is 6.07 Å². The van der Waals surface area contributed by atoms with Gasteiger partial charge in [-0.25, -0.2) is 4.90 Å². The molecule has 0 saturated heterocycles. The number of carbonyl (C=O) groups excluding carboxylic acids is 2. The molecule has 0 aromatic heterocycles. The van der Waals surface area contributed by atoms with E-state index in [1.54, 1.807) is 0 Å². The number of anilines is 3. The number of hydrogen-bond acceptors (Lipinski definition) is 4. The highest BCUT2D eigenvalue weighted by molar-refractivity contribution is 6.46. The molecule has 0 aliphatic carbocycles. The number of carbonyl (C=O) groups is 2. The summed E-state index contributed by atoms with van der Waals surface area (Å²) in [6, 6.07) is 23.4. The predicted octanol–water partition coefficient (Wildman–Crippen LogP) is 4.41. The van der Waals surface area contributed by atoms with Crippen LogP contribution in [0.4, 0.5) is 17.1 Å². The van der Waals surface area contributed by atoms with Crippen molar-refractivity contribution in [2.75, 3.05) is 35.3 Å². The van der Waals surface area contributed by atoms with Crippen molar-refractivity contribution in [3.63, 3.8) is 0 Å². The minimum Gasteiger partial charge on any atom is -0.378 e. The SMILES string of the molecule is Cc1ccc(C2=C(N3CCc4ccccc43)C(=O)N(c3ccc(N(C)C)cc3)C2=O)cc1. The Balaban J connectivity index is 1.64. The van der Waals surface area contributed by atoms with Crippen LogP contribution in [0.25, 0.3) is 5.57 Å². The van der Waals surface area contributed by atoms with Crippen LogP contribution in [0.3, 0.4) is 0 Å². The van der Waals surface area contributed by atoms with Crippen LogP contribution in [0, 0.1) is 6.92 Å². The third kappa shape index (κ3) is 3.17. The summed E-state index contributed by atoms with van der Waals surface area (Å²) >= 11 is 0. The third-order valence-electron chi connectivity index (χ3n) is 6.18. The van der Waals surface area contributed by atoms with Gasteiger partial charge < -0.3 is 9.80 Å². The molecule has 5 nitrogen and oxygen atoms in total. The van der Waals surface area contributed by atoms with Crippen molar-refractivity contribution in [1.29, 1.82) is 0 Å². The predicted molar refractivity (Wildman–Crippen MR) is 129 cm³/mol. The molecular weight excluding hydrogens is 398 g/mol. The highest BCUT2D eigenvalue weighted by Gasteiger charge is 2.44. The maximum absolute atomic E-state index is 13.8. The van der Waals surface area contributed by atoms with E-state index in [4.69, 9.17) is 0 Å². The number of imide groups is 1. The fourth-order valence-electron chi connectivity index (χ4n) is 4.45. The topological polar surface area (TPSA) is 43.9 Å². The Morgan fingerprint density at radius 3 is 2.19 bits per heavy atom. The van der Waals surface area contributed by atoms with E-state index in [-0.39, 0.29) is 11.8 Å². The lowest BCUT2D eigenvalue weighted by Gasteiger charge is -2.22. The highest BCUT2D eigenvalue weighted by atomic mass is 16.2. The first kappa shape index (κ1) is 20.1. The minimum absolute atomic E-state index is 0.278. The first-order chi connectivity index (χ1) is 15.5. The fourth-order valence-corrected chi connectivity index (χ4v) is 4.45. The third-order valence-corrected chi connectivity index (χ3v) is 6.18. The molecule has 2 aliphatic rings. The minimum atomic E-state index is -0.282. The molecule has 0 saturated carbocycles. The Hall–Kier alpha value is -3.86. The molecule has 0 fully saturated rings. The van der Waals surface area contributed by atoms with Crippen LogP contribution >= 0.6 is 0 Å². The van der Waals surface area contributed by atoms with Crippen molar-refractivity contribution in [2.24, 2.45) is 0 Å². The second-order valence-electron chi connectivity index (χ2n) is 8.48. The molecular formula is C27H25N3O2. The molecule has 0 unspecified atom stereocenters. The monoisotopic (exact) mass is 423 g/mol. The summed E-state index contributed by atoms with van der Waals surface area (Å²) in [4.78, 5) is 32.8. The lowest BCUT2D eigenvalue weighted by atomic mass is 10.0. The summed E-state index contributed by atoms with van der Waals surface area (Å²) in [5.41, 5.74) is 6.57. The van der Waals surface area contributed by atoms with E-state index < -0.39 is 0 Å². The first-order valence-electron chi connectivity index (χ1n) is 10.8. The zero-order valence-corrected chi connectivity index (χ0v) is 18.5. The zero-order valence-electron chi connectivity index (χ0n) is 18.5. The Bertz CT molecular complexity index is 1240. The average molecular weight is 424 g/mol. The second-order valence-corrected chi connectivity index (χ2v) is 8.48. The van der Waals surface area contributed by atoms with E-state index >= 15 is 0 Å². The average Bonchev–Trinajstić information content (AvgIpc) is 3.32.